The zero-order chi connectivity index (χ0) is 15.0. The van der Waals surface area contributed by atoms with Crippen molar-refractivity contribution < 1.29 is 14.3 Å². The minimum atomic E-state index is -0.826. The Labute approximate surface area is 121 Å². The highest BCUT2D eigenvalue weighted by atomic mass is 16.5. The third kappa shape index (κ3) is 4.53. The summed E-state index contributed by atoms with van der Waals surface area (Å²) in [6.45, 7) is 8.94. The van der Waals surface area contributed by atoms with E-state index in [1.165, 1.54) is 5.56 Å². The van der Waals surface area contributed by atoms with Gasteiger partial charge in [0.25, 0.3) is 0 Å². The van der Waals surface area contributed by atoms with Gasteiger partial charge in [0.1, 0.15) is 17.9 Å². The third-order valence-electron chi connectivity index (χ3n) is 3.13. The van der Waals surface area contributed by atoms with E-state index in [0.717, 1.165) is 12.2 Å². The maximum atomic E-state index is 12.0. The molecule has 1 aromatic carbocycles. The van der Waals surface area contributed by atoms with E-state index in [9.17, 15) is 4.79 Å². The Morgan fingerprint density at radius 1 is 1.30 bits per heavy atom. The SMILES string of the molecule is CCNC(C)(COc1cccc(CC)c1)C(=O)OCC. The van der Waals surface area contributed by atoms with Crippen LogP contribution >= 0.6 is 0 Å². The van der Waals surface area contributed by atoms with Gasteiger partial charge in [0, 0.05) is 0 Å². The highest BCUT2D eigenvalue weighted by molar-refractivity contribution is 5.80. The van der Waals surface area contributed by atoms with Gasteiger partial charge in [-0.1, -0.05) is 26.0 Å². The summed E-state index contributed by atoms with van der Waals surface area (Å²) in [6.07, 6.45) is 0.958. The highest BCUT2D eigenvalue weighted by Gasteiger charge is 2.34. The lowest BCUT2D eigenvalue weighted by Gasteiger charge is -2.28. The van der Waals surface area contributed by atoms with Crippen LogP contribution in [-0.2, 0) is 16.0 Å². The van der Waals surface area contributed by atoms with E-state index >= 15 is 0 Å². The zero-order valence-electron chi connectivity index (χ0n) is 12.9. The van der Waals surface area contributed by atoms with Crippen molar-refractivity contribution in [2.45, 2.75) is 39.7 Å². The Balaban J connectivity index is 2.72. The number of benzene rings is 1. The second-order valence-electron chi connectivity index (χ2n) is 4.87. The molecule has 4 nitrogen and oxygen atoms in total. The second kappa shape index (κ2) is 7.90. The number of carbonyl (C=O) groups excluding carboxylic acids is 1. The number of esters is 1. The van der Waals surface area contributed by atoms with E-state index in [4.69, 9.17) is 9.47 Å². The molecule has 1 atom stereocenters. The lowest BCUT2D eigenvalue weighted by molar-refractivity contribution is -0.151. The molecule has 1 rings (SSSR count). The molecule has 0 aliphatic heterocycles. The summed E-state index contributed by atoms with van der Waals surface area (Å²) in [5.41, 5.74) is 0.385. The molecule has 0 fully saturated rings. The molecule has 1 N–H and O–H groups in total. The number of carbonyl (C=O) groups is 1. The third-order valence-corrected chi connectivity index (χ3v) is 3.13. The number of hydrogen-bond acceptors (Lipinski definition) is 4. The number of likely N-dealkylation sites (N-methyl/N-ethyl adjacent to an activating group) is 1. The van der Waals surface area contributed by atoms with Gasteiger partial charge in [-0.25, -0.2) is 4.79 Å². The van der Waals surface area contributed by atoms with Gasteiger partial charge >= 0.3 is 5.97 Å². The molecule has 0 heterocycles. The van der Waals surface area contributed by atoms with Gasteiger partial charge in [-0.05, 0) is 44.5 Å². The predicted octanol–water partition coefficient (Wildman–Crippen LogP) is 2.56. The number of rotatable bonds is 8. The molecule has 4 heteroatoms. The Kier molecular flexibility index (Phi) is 6.52. The summed E-state index contributed by atoms with van der Waals surface area (Å²) in [6, 6.07) is 7.92. The Morgan fingerprint density at radius 3 is 2.65 bits per heavy atom. The van der Waals surface area contributed by atoms with Crippen molar-refractivity contribution in [1.29, 1.82) is 0 Å². The fourth-order valence-corrected chi connectivity index (χ4v) is 1.95. The zero-order valence-corrected chi connectivity index (χ0v) is 12.9. The minimum absolute atomic E-state index is 0.243. The first-order valence-corrected chi connectivity index (χ1v) is 7.19. The highest BCUT2D eigenvalue weighted by Crippen LogP contribution is 2.16. The van der Waals surface area contributed by atoms with Gasteiger partial charge in [0.2, 0.25) is 0 Å². The maximum absolute atomic E-state index is 12.0. The lowest BCUT2D eigenvalue weighted by atomic mass is 10.0. The molecule has 0 spiro atoms. The molecule has 0 aliphatic rings. The van der Waals surface area contributed by atoms with Crippen LogP contribution in [0.1, 0.15) is 33.3 Å². The number of nitrogens with one attached hydrogen (secondary N) is 1. The van der Waals surface area contributed by atoms with Gasteiger partial charge in [-0.2, -0.15) is 0 Å². The van der Waals surface area contributed by atoms with E-state index in [1.54, 1.807) is 13.8 Å². The van der Waals surface area contributed by atoms with E-state index in [0.29, 0.717) is 13.2 Å². The lowest BCUT2D eigenvalue weighted by Crippen LogP contribution is -2.54. The Morgan fingerprint density at radius 2 is 2.05 bits per heavy atom. The molecular weight excluding hydrogens is 254 g/mol. The van der Waals surface area contributed by atoms with Gasteiger partial charge in [-0.15, -0.1) is 0 Å². The summed E-state index contributed by atoms with van der Waals surface area (Å²) in [5, 5.41) is 3.14. The van der Waals surface area contributed by atoms with Crippen molar-refractivity contribution in [3.8, 4) is 5.75 Å². The van der Waals surface area contributed by atoms with Crippen LogP contribution in [0.15, 0.2) is 24.3 Å². The fraction of sp³-hybridized carbons (Fsp3) is 0.562. The van der Waals surface area contributed by atoms with E-state index in [2.05, 4.69) is 18.3 Å². The van der Waals surface area contributed by atoms with Crippen molar-refractivity contribution in [2.24, 2.45) is 0 Å². The van der Waals surface area contributed by atoms with Gasteiger partial charge in [0.15, 0.2) is 0 Å². The Bertz CT molecular complexity index is 433. The molecule has 0 amide bonds. The largest absolute Gasteiger partial charge is 0.491 e. The van der Waals surface area contributed by atoms with Crippen molar-refractivity contribution in [1.82, 2.24) is 5.32 Å². The van der Waals surface area contributed by atoms with E-state index < -0.39 is 5.54 Å². The first-order chi connectivity index (χ1) is 9.55. The molecule has 20 heavy (non-hydrogen) atoms. The van der Waals surface area contributed by atoms with Gasteiger partial charge < -0.3 is 9.47 Å². The predicted molar refractivity (Wildman–Crippen MR) is 80.0 cm³/mol. The van der Waals surface area contributed by atoms with Gasteiger partial charge in [0.05, 0.1) is 6.61 Å². The van der Waals surface area contributed by atoms with Crippen LogP contribution in [0, 0.1) is 0 Å². The minimum Gasteiger partial charge on any atom is -0.491 e. The van der Waals surface area contributed by atoms with E-state index in [-0.39, 0.29) is 12.6 Å². The topological polar surface area (TPSA) is 47.6 Å². The smallest absolute Gasteiger partial charge is 0.329 e. The molecule has 0 bridgehead atoms. The normalized spacial score (nSPS) is 13.6. The van der Waals surface area contributed by atoms with Crippen LogP contribution in [-0.4, -0.2) is 31.3 Å². The molecule has 0 aliphatic carbocycles. The van der Waals surface area contributed by atoms with Crippen LogP contribution in [0.4, 0.5) is 0 Å². The number of hydrogen-bond donors (Lipinski definition) is 1. The first-order valence-electron chi connectivity index (χ1n) is 7.19. The molecular formula is C16H25NO3. The molecule has 0 saturated carbocycles. The average Bonchev–Trinajstić information content (AvgIpc) is 2.46. The summed E-state index contributed by atoms with van der Waals surface area (Å²) in [7, 11) is 0. The average molecular weight is 279 g/mol. The molecule has 1 aromatic rings. The Hall–Kier alpha value is -1.55. The number of aryl methyl sites for hydroxylation is 1. The quantitative estimate of drug-likeness (QED) is 0.743. The standard InChI is InChI=1S/C16H25NO3/c1-5-13-9-8-10-14(11-13)20-12-16(4,17-6-2)15(18)19-7-3/h8-11,17H,5-7,12H2,1-4H3. The first kappa shape index (κ1) is 16.5. The van der Waals surface area contributed by atoms with Crippen LogP contribution in [0.2, 0.25) is 0 Å². The fourth-order valence-electron chi connectivity index (χ4n) is 1.95. The monoisotopic (exact) mass is 279 g/mol. The van der Waals surface area contributed by atoms with E-state index in [1.807, 2.05) is 25.1 Å². The van der Waals surface area contributed by atoms with Crippen molar-refractivity contribution >= 4 is 5.97 Å². The molecule has 0 saturated heterocycles. The van der Waals surface area contributed by atoms with Crippen molar-refractivity contribution in [2.75, 3.05) is 19.8 Å². The van der Waals surface area contributed by atoms with Gasteiger partial charge in [-0.3, -0.25) is 5.32 Å². The molecule has 1 unspecified atom stereocenters. The van der Waals surface area contributed by atoms with Crippen molar-refractivity contribution in [3.63, 3.8) is 0 Å². The van der Waals surface area contributed by atoms with Crippen molar-refractivity contribution in [3.05, 3.63) is 29.8 Å². The summed E-state index contributed by atoms with van der Waals surface area (Å²) >= 11 is 0. The summed E-state index contributed by atoms with van der Waals surface area (Å²) < 4.78 is 10.9. The molecule has 0 radical (unpaired) electrons. The van der Waals surface area contributed by atoms with Crippen LogP contribution < -0.4 is 10.1 Å². The summed E-state index contributed by atoms with van der Waals surface area (Å²) in [5.74, 6) is 0.492. The number of ether oxygens (including phenoxy) is 2. The van der Waals surface area contributed by atoms with Crippen LogP contribution in [0.25, 0.3) is 0 Å². The maximum Gasteiger partial charge on any atom is 0.329 e. The molecule has 0 aromatic heterocycles. The second-order valence-corrected chi connectivity index (χ2v) is 4.87. The molecule has 112 valence electrons. The summed E-state index contributed by atoms with van der Waals surface area (Å²) in [4.78, 5) is 12.0. The van der Waals surface area contributed by atoms with Crippen LogP contribution in [0.5, 0.6) is 5.75 Å². The van der Waals surface area contributed by atoms with Crippen LogP contribution in [0.3, 0.4) is 0 Å².